The lowest BCUT2D eigenvalue weighted by molar-refractivity contribution is -0.681. The number of rotatable bonds is 3. The molecule has 0 amide bonds. The summed E-state index contributed by atoms with van der Waals surface area (Å²) in [5.74, 6) is 0.121. The number of imidazole rings is 1. The van der Waals surface area contributed by atoms with Crippen LogP contribution in [0.2, 0.25) is 0 Å². The summed E-state index contributed by atoms with van der Waals surface area (Å²) in [6.07, 6.45) is 5.39. The van der Waals surface area contributed by atoms with E-state index in [1.807, 2.05) is 41.1 Å². The Morgan fingerprint density at radius 1 is 1.27 bits per heavy atom. The molecule has 15 heavy (non-hydrogen) atoms. The fourth-order valence-corrected chi connectivity index (χ4v) is 1.30. The van der Waals surface area contributed by atoms with Crippen LogP contribution in [0.4, 0.5) is 0 Å². The number of Topliss-reactive ketones (excluding diaryl/α,β-unsaturated/α-hetero) is 1. The summed E-state index contributed by atoms with van der Waals surface area (Å²) in [5.41, 5.74) is 0.751. The molecule has 2 rings (SSSR count). The Balaban J connectivity index is 0.00000112. The fourth-order valence-electron chi connectivity index (χ4n) is 1.30. The van der Waals surface area contributed by atoms with E-state index in [4.69, 9.17) is 0 Å². The minimum absolute atomic E-state index is 0. The van der Waals surface area contributed by atoms with Crippen LogP contribution in [-0.2, 0) is 6.54 Å². The molecule has 1 aromatic heterocycles. The van der Waals surface area contributed by atoms with Crippen molar-refractivity contribution in [3.63, 3.8) is 0 Å². The molecule has 1 N–H and O–H groups in total. The van der Waals surface area contributed by atoms with Gasteiger partial charge in [-0.3, -0.25) is 9.78 Å². The highest BCUT2D eigenvalue weighted by Crippen LogP contribution is 1.99. The minimum Gasteiger partial charge on any atom is -0.290 e. The zero-order valence-electron chi connectivity index (χ0n) is 8.09. The van der Waals surface area contributed by atoms with Gasteiger partial charge in [0.05, 0.1) is 0 Å². The molecule has 3 nitrogen and oxygen atoms in total. The molecule has 0 saturated heterocycles. The minimum atomic E-state index is 0. The van der Waals surface area contributed by atoms with Crippen molar-refractivity contribution < 1.29 is 9.36 Å². The van der Waals surface area contributed by atoms with Gasteiger partial charge in [-0.25, -0.2) is 4.57 Å². The van der Waals surface area contributed by atoms with Gasteiger partial charge in [0.1, 0.15) is 12.4 Å². The Bertz CT molecular complexity index is 411. The number of carbonyl (C=O) groups excluding carboxylic acids is 1. The molecule has 0 aliphatic rings. The summed E-state index contributed by atoms with van der Waals surface area (Å²) >= 11 is 0. The zero-order valence-corrected chi connectivity index (χ0v) is 9.80. The molecular formula is C11H12BrN2O+. The highest BCUT2D eigenvalue weighted by atomic mass is 79.9. The van der Waals surface area contributed by atoms with Crippen molar-refractivity contribution in [3.05, 3.63) is 54.6 Å². The maximum absolute atomic E-state index is 11.7. The molecule has 0 atom stereocenters. The van der Waals surface area contributed by atoms with E-state index in [-0.39, 0.29) is 22.8 Å². The van der Waals surface area contributed by atoms with Crippen LogP contribution >= 0.6 is 17.0 Å². The SMILES string of the molecule is Br.O=C(C[n+]1cc[nH]c1)c1ccccc1. The topological polar surface area (TPSA) is 36.7 Å². The molecule has 0 aliphatic heterocycles. The maximum Gasteiger partial charge on any atom is 0.241 e. The van der Waals surface area contributed by atoms with Gasteiger partial charge < -0.3 is 0 Å². The summed E-state index contributed by atoms with van der Waals surface area (Å²) in [5, 5.41) is 0. The summed E-state index contributed by atoms with van der Waals surface area (Å²) in [6.45, 7) is 0.382. The molecule has 0 bridgehead atoms. The van der Waals surface area contributed by atoms with Crippen molar-refractivity contribution >= 4 is 22.8 Å². The standard InChI is InChI=1S/C11H10N2O.BrH/c14-11(8-13-7-6-12-9-13)10-4-2-1-3-5-10;/h1-7,9H,8H2;1H/p+1. The number of aromatic amines is 1. The summed E-state index contributed by atoms with van der Waals surface area (Å²) in [4.78, 5) is 14.6. The fraction of sp³-hybridized carbons (Fsp3) is 0.0909. The highest BCUT2D eigenvalue weighted by molar-refractivity contribution is 8.93. The number of aromatic nitrogens is 2. The van der Waals surface area contributed by atoms with Crippen molar-refractivity contribution in [2.24, 2.45) is 0 Å². The van der Waals surface area contributed by atoms with Crippen molar-refractivity contribution in [2.75, 3.05) is 0 Å². The second kappa shape index (κ2) is 5.46. The number of halogens is 1. The Kier molecular flexibility index (Phi) is 4.24. The third-order valence-corrected chi connectivity index (χ3v) is 2.02. The monoisotopic (exact) mass is 267 g/mol. The lowest BCUT2D eigenvalue weighted by Gasteiger charge is -1.96. The number of nitrogens with zero attached hydrogens (tertiary/aromatic N) is 1. The molecule has 4 heteroatoms. The predicted molar refractivity (Wildman–Crippen MR) is 62.1 cm³/mol. The number of hydrogen-bond donors (Lipinski definition) is 1. The lowest BCUT2D eigenvalue weighted by Crippen LogP contribution is -2.35. The third kappa shape index (κ3) is 3.02. The molecule has 0 fully saturated rings. The van der Waals surface area contributed by atoms with Gasteiger partial charge in [0.15, 0.2) is 6.54 Å². The van der Waals surface area contributed by atoms with Crippen LogP contribution in [0, 0.1) is 0 Å². The molecular weight excluding hydrogens is 256 g/mol. The molecule has 2 aromatic rings. The van der Waals surface area contributed by atoms with E-state index in [2.05, 4.69) is 4.98 Å². The van der Waals surface area contributed by atoms with Gasteiger partial charge in [-0.1, -0.05) is 30.3 Å². The average molecular weight is 268 g/mol. The number of benzene rings is 1. The van der Waals surface area contributed by atoms with Gasteiger partial charge in [0.2, 0.25) is 12.1 Å². The first-order chi connectivity index (χ1) is 6.86. The summed E-state index contributed by atoms with van der Waals surface area (Å²) < 4.78 is 1.81. The molecule has 0 saturated carbocycles. The quantitative estimate of drug-likeness (QED) is 0.668. The van der Waals surface area contributed by atoms with Crippen LogP contribution in [0.25, 0.3) is 0 Å². The second-order valence-electron chi connectivity index (χ2n) is 3.07. The van der Waals surface area contributed by atoms with Gasteiger partial charge in [-0.05, 0) is 0 Å². The molecule has 1 heterocycles. The first-order valence-corrected chi connectivity index (χ1v) is 4.46. The van der Waals surface area contributed by atoms with Gasteiger partial charge in [0.25, 0.3) is 0 Å². The molecule has 1 aromatic carbocycles. The van der Waals surface area contributed by atoms with E-state index in [0.717, 1.165) is 5.56 Å². The number of ketones is 1. The van der Waals surface area contributed by atoms with Crippen molar-refractivity contribution in [2.45, 2.75) is 6.54 Å². The average Bonchev–Trinajstić information content (AvgIpc) is 2.72. The summed E-state index contributed by atoms with van der Waals surface area (Å²) in [7, 11) is 0. The Labute approximate surface area is 98.5 Å². The Morgan fingerprint density at radius 3 is 2.60 bits per heavy atom. The first-order valence-electron chi connectivity index (χ1n) is 4.46. The molecule has 78 valence electrons. The van der Waals surface area contributed by atoms with E-state index < -0.39 is 0 Å². The van der Waals surface area contributed by atoms with E-state index >= 15 is 0 Å². The van der Waals surface area contributed by atoms with E-state index in [0.29, 0.717) is 6.54 Å². The smallest absolute Gasteiger partial charge is 0.241 e. The lowest BCUT2D eigenvalue weighted by atomic mass is 10.1. The van der Waals surface area contributed by atoms with Crippen LogP contribution < -0.4 is 4.57 Å². The summed E-state index contributed by atoms with van der Waals surface area (Å²) in [6, 6.07) is 9.30. The van der Waals surface area contributed by atoms with Crippen molar-refractivity contribution in [1.82, 2.24) is 4.98 Å². The van der Waals surface area contributed by atoms with Crippen LogP contribution in [0.3, 0.4) is 0 Å². The molecule has 0 unspecified atom stereocenters. The Morgan fingerprint density at radius 2 is 2.00 bits per heavy atom. The predicted octanol–water partition coefficient (Wildman–Crippen LogP) is 1.76. The molecule has 0 radical (unpaired) electrons. The maximum atomic E-state index is 11.7. The number of H-pyrrole nitrogens is 1. The Hall–Kier alpha value is -1.42. The van der Waals surface area contributed by atoms with Gasteiger partial charge in [-0.15, -0.1) is 17.0 Å². The van der Waals surface area contributed by atoms with Gasteiger partial charge in [0, 0.05) is 5.56 Å². The third-order valence-electron chi connectivity index (χ3n) is 2.02. The van der Waals surface area contributed by atoms with Crippen LogP contribution in [0.5, 0.6) is 0 Å². The van der Waals surface area contributed by atoms with Crippen LogP contribution in [0.1, 0.15) is 10.4 Å². The van der Waals surface area contributed by atoms with Crippen LogP contribution in [-0.4, -0.2) is 10.8 Å². The van der Waals surface area contributed by atoms with Crippen molar-refractivity contribution in [3.8, 4) is 0 Å². The van der Waals surface area contributed by atoms with Crippen molar-refractivity contribution in [1.29, 1.82) is 0 Å². The first kappa shape index (κ1) is 11.7. The zero-order chi connectivity index (χ0) is 9.80. The largest absolute Gasteiger partial charge is 0.290 e. The van der Waals surface area contributed by atoms with E-state index in [1.54, 1.807) is 12.5 Å². The van der Waals surface area contributed by atoms with Gasteiger partial charge in [-0.2, -0.15) is 0 Å². The number of nitrogens with one attached hydrogen (secondary N) is 1. The number of hydrogen-bond acceptors (Lipinski definition) is 1. The van der Waals surface area contributed by atoms with E-state index in [9.17, 15) is 4.79 Å². The molecule has 0 spiro atoms. The van der Waals surface area contributed by atoms with E-state index in [1.165, 1.54) is 0 Å². The normalized spacial score (nSPS) is 9.33. The second-order valence-corrected chi connectivity index (χ2v) is 3.07. The highest BCUT2D eigenvalue weighted by Gasteiger charge is 2.08. The molecule has 0 aliphatic carbocycles. The van der Waals surface area contributed by atoms with Gasteiger partial charge >= 0.3 is 0 Å². The number of carbonyl (C=O) groups is 1. The van der Waals surface area contributed by atoms with Crippen LogP contribution in [0.15, 0.2) is 49.1 Å².